The summed E-state index contributed by atoms with van der Waals surface area (Å²) >= 11 is 3.17. The van der Waals surface area contributed by atoms with Gasteiger partial charge < -0.3 is 4.74 Å². The van der Waals surface area contributed by atoms with E-state index in [1.54, 1.807) is 6.07 Å². The number of hydrogen-bond acceptors (Lipinski definition) is 3. The zero-order chi connectivity index (χ0) is 9.97. The van der Waals surface area contributed by atoms with E-state index in [2.05, 4.69) is 26.1 Å². The van der Waals surface area contributed by atoms with Crippen molar-refractivity contribution in [3.05, 3.63) is 26.6 Å². The van der Waals surface area contributed by atoms with Crippen molar-refractivity contribution >= 4 is 15.9 Å². The minimum Gasteiger partial charge on any atom is -0.372 e. The standard InChI is InChI=1S/C9H11BrN2O2/c10-6-5-7(11-12-9(6)13)8-3-1-2-4-14-8/h5,8H,1-4H2,(H,12,13). The zero-order valence-corrected chi connectivity index (χ0v) is 9.21. The Labute approximate surface area is 89.8 Å². The van der Waals surface area contributed by atoms with Crippen molar-refractivity contribution in [1.29, 1.82) is 0 Å². The molecule has 0 aromatic carbocycles. The van der Waals surface area contributed by atoms with Gasteiger partial charge in [-0.05, 0) is 41.3 Å². The molecule has 2 rings (SSSR count). The van der Waals surface area contributed by atoms with Crippen LogP contribution in [0.3, 0.4) is 0 Å². The van der Waals surface area contributed by atoms with Crippen molar-refractivity contribution in [1.82, 2.24) is 10.2 Å². The number of hydrogen-bond donors (Lipinski definition) is 1. The third-order valence-electron chi connectivity index (χ3n) is 2.29. The van der Waals surface area contributed by atoms with Crippen LogP contribution in [0.5, 0.6) is 0 Å². The van der Waals surface area contributed by atoms with Crippen LogP contribution in [0.4, 0.5) is 0 Å². The van der Waals surface area contributed by atoms with Gasteiger partial charge in [0.1, 0.15) is 6.10 Å². The van der Waals surface area contributed by atoms with Crippen molar-refractivity contribution in [2.24, 2.45) is 0 Å². The lowest BCUT2D eigenvalue weighted by molar-refractivity contribution is 0.0117. The number of nitrogens with one attached hydrogen (secondary N) is 1. The normalized spacial score (nSPS) is 22.2. The molecule has 1 atom stereocenters. The first-order valence-corrected chi connectivity index (χ1v) is 5.43. The number of rotatable bonds is 1. The Hall–Kier alpha value is -0.680. The molecule has 0 radical (unpaired) electrons. The van der Waals surface area contributed by atoms with Crippen LogP contribution in [-0.4, -0.2) is 16.8 Å². The summed E-state index contributed by atoms with van der Waals surface area (Å²) in [6, 6.07) is 1.73. The maximum Gasteiger partial charge on any atom is 0.278 e. The van der Waals surface area contributed by atoms with E-state index >= 15 is 0 Å². The SMILES string of the molecule is O=c1[nH]nc(C2CCCCO2)cc1Br. The molecule has 4 nitrogen and oxygen atoms in total. The Morgan fingerprint density at radius 1 is 1.57 bits per heavy atom. The first-order chi connectivity index (χ1) is 6.77. The molecule has 0 aliphatic carbocycles. The molecule has 1 aromatic rings. The highest BCUT2D eigenvalue weighted by atomic mass is 79.9. The summed E-state index contributed by atoms with van der Waals surface area (Å²) in [5, 5.41) is 6.40. The fraction of sp³-hybridized carbons (Fsp3) is 0.556. The largest absolute Gasteiger partial charge is 0.372 e. The number of nitrogens with zero attached hydrogens (tertiary/aromatic N) is 1. The highest BCUT2D eigenvalue weighted by molar-refractivity contribution is 9.10. The van der Waals surface area contributed by atoms with Crippen molar-refractivity contribution in [3.63, 3.8) is 0 Å². The van der Waals surface area contributed by atoms with E-state index in [1.807, 2.05) is 0 Å². The molecule has 1 aliphatic rings. The van der Waals surface area contributed by atoms with Crippen LogP contribution in [0.2, 0.25) is 0 Å². The van der Waals surface area contributed by atoms with Gasteiger partial charge in [-0.15, -0.1) is 0 Å². The Morgan fingerprint density at radius 2 is 2.43 bits per heavy atom. The van der Waals surface area contributed by atoms with Crippen LogP contribution < -0.4 is 5.56 Å². The Bertz CT molecular complexity index is 371. The van der Waals surface area contributed by atoms with Gasteiger partial charge in [0.05, 0.1) is 10.2 Å². The first-order valence-electron chi connectivity index (χ1n) is 4.64. The van der Waals surface area contributed by atoms with E-state index in [1.165, 1.54) is 0 Å². The second-order valence-corrected chi connectivity index (χ2v) is 4.18. The number of aromatic amines is 1. The van der Waals surface area contributed by atoms with Gasteiger partial charge in [0.25, 0.3) is 5.56 Å². The van der Waals surface area contributed by atoms with Gasteiger partial charge in [-0.25, -0.2) is 5.10 Å². The average molecular weight is 259 g/mol. The van der Waals surface area contributed by atoms with E-state index in [-0.39, 0.29) is 11.7 Å². The smallest absolute Gasteiger partial charge is 0.278 e. The van der Waals surface area contributed by atoms with Crippen LogP contribution in [-0.2, 0) is 4.74 Å². The van der Waals surface area contributed by atoms with Crippen molar-refractivity contribution in [3.8, 4) is 0 Å². The third kappa shape index (κ3) is 2.04. The topological polar surface area (TPSA) is 55.0 Å². The summed E-state index contributed by atoms with van der Waals surface area (Å²) in [4.78, 5) is 11.0. The molecule has 1 unspecified atom stereocenters. The summed E-state index contributed by atoms with van der Waals surface area (Å²) in [7, 11) is 0. The molecule has 0 spiro atoms. The quantitative estimate of drug-likeness (QED) is 0.836. The first kappa shape index (κ1) is 9.86. The van der Waals surface area contributed by atoms with Gasteiger partial charge in [-0.1, -0.05) is 0 Å². The molecule has 0 amide bonds. The van der Waals surface area contributed by atoms with E-state index in [9.17, 15) is 4.79 Å². The molecular weight excluding hydrogens is 248 g/mol. The van der Waals surface area contributed by atoms with Gasteiger partial charge in [0.15, 0.2) is 0 Å². The fourth-order valence-electron chi connectivity index (χ4n) is 1.54. The third-order valence-corrected chi connectivity index (χ3v) is 2.88. The average Bonchev–Trinajstić information content (AvgIpc) is 2.23. The lowest BCUT2D eigenvalue weighted by Gasteiger charge is -2.21. The van der Waals surface area contributed by atoms with Gasteiger partial charge in [0.2, 0.25) is 0 Å². The molecule has 76 valence electrons. The van der Waals surface area contributed by atoms with Crippen LogP contribution >= 0.6 is 15.9 Å². The minimum absolute atomic E-state index is 0.0388. The molecule has 1 saturated heterocycles. The second kappa shape index (κ2) is 4.23. The Morgan fingerprint density at radius 3 is 3.07 bits per heavy atom. The molecule has 0 bridgehead atoms. The minimum atomic E-state index is -0.204. The molecule has 1 fully saturated rings. The number of H-pyrrole nitrogens is 1. The Kier molecular flexibility index (Phi) is 2.98. The number of aromatic nitrogens is 2. The molecule has 1 N–H and O–H groups in total. The van der Waals surface area contributed by atoms with Gasteiger partial charge in [-0.2, -0.15) is 5.10 Å². The highest BCUT2D eigenvalue weighted by Gasteiger charge is 2.18. The maximum atomic E-state index is 11.0. The number of halogens is 1. The molecule has 0 saturated carbocycles. The molecule has 5 heteroatoms. The molecule has 1 aliphatic heterocycles. The van der Waals surface area contributed by atoms with Crippen molar-refractivity contribution in [2.75, 3.05) is 6.61 Å². The maximum absolute atomic E-state index is 11.0. The van der Waals surface area contributed by atoms with E-state index in [0.717, 1.165) is 31.6 Å². The highest BCUT2D eigenvalue weighted by Crippen LogP contribution is 2.26. The summed E-state index contributed by atoms with van der Waals surface area (Å²) in [6.07, 6.45) is 3.28. The summed E-state index contributed by atoms with van der Waals surface area (Å²) in [5.74, 6) is 0. The van der Waals surface area contributed by atoms with Crippen LogP contribution in [0.15, 0.2) is 15.3 Å². The van der Waals surface area contributed by atoms with E-state index < -0.39 is 0 Å². The van der Waals surface area contributed by atoms with E-state index in [4.69, 9.17) is 4.74 Å². The second-order valence-electron chi connectivity index (χ2n) is 3.33. The molecule has 2 heterocycles. The molecule has 1 aromatic heterocycles. The summed E-state index contributed by atoms with van der Waals surface area (Å²) in [5.41, 5.74) is 0.598. The van der Waals surface area contributed by atoms with Crippen LogP contribution in [0.1, 0.15) is 31.1 Å². The monoisotopic (exact) mass is 258 g/mol. The molecular formula is C9H11BrN2O2. The fourth-order valence-corrected chi connectivity index (χ4v) is 1.86. The number of ether oxygens (including phenoxy) is 1. The lowest BCUT2D eigenvalue weighted by Crippen LogP contribution is -2.17. The summed E-state index contributed by atoms with van der Waals surface area (Å²) in [6.45, 7) is 0.781. The molecule has 14 heavy (non-hydrogen) atoms. The lowest BCUT2D eigenvalue weighted by atomic mass is 10.1. The van der Waals surface area contributed by atoms with Crippen molar-refractivity contribution in [2.45, 2.75) is 25.4 Å². The predicted molar refractivity (Wildman–Crippen MR) is 55.1 cm³/mol. The van der Waals surface area contributed by atoms with Gasteiger partial charge >= 0.3 is 0 Å². The van der Waals surface area contributed by atoms with Gasteiger partial charge in [-0.3, -0.25) is 4.79 Å². The van der Waals surface area contributed by atoms with Gasteiger partial charge in [0, 0.05) is 6.61 Å². The Balaban J connectivity index is 2.22. The van der Waals surface area contributed by atoms with Crippen LogP contribution in [0.25, 0.3) is 0 Å². The van der Waals surface area contributed by atoms with E-state index in [0.29, 0.717) is 4.47 Å². The summed E-state index contributed by atoms with van der Waals surface area (Å²) < 4.78 is 6.06. The van der Waals surface area contributed by atoms with Crippen molar-refractivity contribution < 1.29 is 4.74 Å². The predicted octanol–water partition coefficient (Wildman–Crippen LogP) is 1.77. The zero-order valence-electron chi connectivity index (χ0n) is 7.62. The van der Waals surface area contributed by atoms with Crippen LogP contribution in [0, 0.1) is 0 Å².